The van der Waals surface area contributed by atoms with Crippen molar-refractivity contribution in [3.05, 3.63) is 64.1 Å². The van der Waals surface area contributed by atoms with Gasteiger partial charge in [0.05, 0.1) is 5.56 Å². The summed E-state index contributed by atoms with van der Waals surface area (Å²) in [6.07, 6.45) is 1.85. The van der Waals surface area contributed by atoms with Crippen LogP contribution in [0.15, 0.2) is 53.0 Å². The van der Waals surface area contributed by atoms with Crippen LogP contribution in [0.25, 0.3) is 0 Å². The Balaban J connectivity index is 1.47. The lowest BCUT2D eigenvalue weighted by Gasteiger charge is -2.12. The summed E-state index contributed by atoms with van der Waals surface area (Å²) < 4.78 is 0.633. The van der Waals surface area contributed by atoms with Gasteiger partial charge in [-0.25, -0.2) is 0 Å². The van der Waals surface area contributed by atoms with Crippen LogP contribution >= 0.6 is 28.1 Å². The van der Waals surface area contributed by atoms with Gasteiger partial charge in [-0.3, -0.25) is 30.6 Å². The minimum absolute atomic E-state index is 0.00464. The lowest BCUT2D eigenvalue weighted by atomic mass is 10.2. The number of carbonyl (C=O) groups excluding carboxylic acids is 3. The van der Waals surface area contributed by atoms with Crippen LogP contribution in [0.2, 0.25) is 0 Å². The number of benzene rings is 2. The third-order valence-corrected chi connectivity index (χ3v) is 4.89. The summed E-state index contributed by atoms with van der Waals surface area (Å²) in [5, 5.41) is 5.24. The largest absolute Gasteiger partial charge is 0.326 e. The molecule has 4 N–H and O–H groups in total. The maximum Gasteiger partial charge on any atom is 0.269 e. The van der Waals surface area contributed by atoms with Crippen molar-refractivity contribution < 1.29 is 14.4 Å². The normalized spacial score (nSPS) is 12.6. The first-order chi connectivity index (χ1) is 13.4. The van der Waals surface area contributed by atoms with Crippen LogP contribution < -0.4 is 21.5 Å². The van der Waals surface area contributed by atoms with E-state index in [0.717, 1.165) is 12.8 Å². The van der Waals surface area contributed by atoms with Gasteiger partial charge in [-0.15, -0.1) is 0 Å². The fraction of sp³-hybridized carbons (Fsp3) is 0.158. The average molecular weight is 461 g/mol. The molecule has 9 heteroatoms. The Labute approximate surface area is 175 Å². The number of hydrogen-bond acceptors (Lipinski definition) is 4. The molecule has 0 saturated heterocycles. The van der Waals surface area contributed by atoms with E-state index in [1.807, 2.05) is 0 Å². The molecule has 3 rings (SSSR count). The van der Waals surface area contributed by atoms with Gasteiger partial charge in [0, 0.05) is 21.6 Å². The molecule has 0 atom stereocenters. The Morgan fingerprint density at radius 2 is 1.61 bits per heavy atom. The molecule has 1 saturated carbocycles. The molecule has 0 spiro atoms. The first kappa shape index (κ1) is 20.0. The minimum Gasteiger partial charge on any atom is -0.326 e. The van der Waals surface area contributed by atoms with Gasteiger partial charge in [0.1, 0.15) is 0 Å². The monoisotopic (exact) mass is 460 g/mol. The molecule has 3 amide bonds. The zero-order valence-corrected chi connectivity index (χ0v) is 17.0. The molecular formula is C19H17BrN4O3S. The number of anilines is 1. The van der Waals surface area contributed by atoms with Gasteiger partial charge >= 0.3 is 0 Å². The van der Waals surface area contributed by atoms with Gasteiger partial charge in [-0.1, -0.05) is 12.1 Å². The van der Waals surface area contributed by atoms with E-state index in [1.54, 1.807) is 48.5 Å². The molecule has 1 aliphatic rings. The predicted molar refractivity (Wildman–Crippen MR) is 113 cm³/mol. The quantitative estimate of drug-likeness (QED) is 0.415. The average Bonchev–Trinajstić information content (AvgIpc) is 3.52. The van der Waals surface area contributed by atoms with Crippen LogP contribution in [0, 0.1) is 5.92 Å². The zero-order valence-electron chi connectivity index (χ0n) is 14.6. The van der Waals surface area contributed by atoms with Crippen molar-refractivity contribution in [2.75, 3.05) is 5.32 Å². The Bertz CT molecular complexity index is 929. The smallest absolute Gasteiger partial charge is 0.269 e. The first-order valence-electron chi connectivity index (χ1n) is 8.51. The standard InChI is InChI=1S/C19H17BrN4O3S/c20-15-4-2-1-3-14(15)18(27)22-19(28)24-23-17(26)12-7-9-13(10-8-12)21-16(25)11-5-6-11/h1-4,7-11H,5-6H2,(H,21,25)(H,23,26)(H2,22,24,27,28). The molecule has 0 heterocycles. The second-order valence-corrected chi connectivity index (χ2v) is 7.45. The van der Waals surface area contributed by atoms with Crippen LogP contribution in [0.3, 0.4) is 0 Å². The van der Waals surface area contributed by atoms with Crippen molar-refractivity contribution in [1.82, 2.24) is 16.2 Å². The van der Waals surface area contributed by atoms with Gasteiger partial charge in [0.25, 0.3) is 11.8 Å². The second kappa shape index (κ2) is 8.94. The lowest BCUT2D eigenvalue weighted by molar-refractivity contribution is -0.117. The number of nitrogens with one attached hydrogen (secondary N) is 4. The molecular weight excluding hydrogens is 444 g/mol. The van der Waals surface area contributed by atoms with Crippen molar-refractivity contribution in [2.24, 2.45) is 5.92 Å². The van der Waals surface area contributed by atoms with Crippen molar-refractivity contribution in [2.45, 2.75) is 12.8 Å². The fourth-order valence-electron chi connectivity index (χ4n) is 2.33. The number of halogens is 1. The van der Waals surface area contributed by atoms with Crippen molar-refractivity contribution in [1.29, 1.82) is 0 Å². The van der Waals surface area contributed by atoms with Gasteiger partial charge < -0.3 is 5.32 Å². The molecule has 1 aliphatic carbocycles. The molecule has 2 aromatic rings. The highest BCUT2D eigenvalue weighted by Crippen LogP contribution is 2.30. The number of amides is 3. The molecule has 1 fully saturated rings. The number of rotatable bonds is 4. The number of hydrogen-bond donors (Lipinski definition) is 4. The highest BCUT2D eigenvalue weighted by Gasteiger charge is 2.29. The lowest BCUT2D eigenvalue weighted by Crippen LogP contribution is -2.48. The maximum absolute atomic E-state index is 12.2. The Morgan fingerprint density at radius 3 is 2.25 bits per heavy atom. The molecule has 0 aliphatic heterocycles. The van der Waals surface area contributed by atoms with E-state index in [2.05, 4.69) is 37.4 Å². The summed E-state index contributed by atoms with van der Waals surface area (Å²) in [6.45, 7) is 0. The van der Waals surface area contributed by atoms with Crippen molar-refractivity contribution in [3.63, 3.8) is 0 Å². The zero-order chi connectivity index (χ0) is 20.1. The van der Waals surface area contributed by atoms with Crippen molar-refractivity contribution >= 4 is 56.7 Å². The summed E-state index contributed by atoms with van der Waals surface area (Å²) in [5.41, 5.74) is 6.33. The first-order valence-corrected chi connectivity index (χ1v) is 9.71. The number of carbonyl (C=O) groups is 3. The molecule has 0 radical (unpaired) electrons. The molecule has 0 aromatic heterocycles. The predicted octanol–water partition coefficient (Wildman–Crippen LogP) is 2.75. The highest BCUT2D eigenvalue weighted by molar-refractivity contribution is 9.10. The summed E-state index contributed by atoms with van der Waals surface area (Å²) in [7, 11) is 0. The van der Waals surface area contributed by atoms with Gasteiger partial charge in [0.15, 0.2) is 5.11 Å². The molecule has 28 heavy (non-hydrogen) atoms. The van der Waals surface area contributed by atoms with E-state index in [4.69, 9.17) is 12.2 Å². The minimum atomic E-state index is -0.433. The van der Waals surface area contributed by atoms with Crippen molar-refractivity contribution in [3.8, 4) is 0 Å². The highest BCUT2D eigenvalue weighted by atomic mass is 79.9. The van der Waals surface area contributed by atoms with Crippen LogP contribution in [0.5, 0.6) is 0 Å². The van der Waals surface area contributed by atoms with E-state index in [1.165, 1.54) is 0 Å². The molecule has 0 unspecified atom stereocenters. The van der Waals surface area contributed by atoms with Crippen LogP contribution in [0.4, 0.5) is 5.69 Å². The Morgan fingerprint density at radius 1 is 0.929 bits per heavy atom. The van der Waals surface area contributed by atoms with Gasteiger partial charge in [0.2, 0.25) is 5.91 Å². The Kier molecular flexibility index (Phi) is 6.37. The SMILES string of the molecule is O=C(NNC(=S)NC(=O)c1ccccc1Br)c1ccc(NC(=O)C2CC2)cc1. The topological polar surface area (TPSA) is 99.3 Å². The number of hydrazine groups is 1. The van der Waals surface area contributed by atoms with E-state index >= 15 is 0 Å². The molecule has 144 valence electrons. The van der Waals surface area contributed by atoms with E-state index in [-0.39, 0.29) is 16.9 Å². The summed E-state index contributed by atoms with van der Waals surface area (Å²) in [5.74, 6) is -0.725. The Hall–Kier alpha value is -2.78. The van der Waals surface area contributed by atoms with Gasteiger partial charge in [-0.05, 0) is 77.4 Å². The summed E-state index contributed by atoms with van der Waals surface area (Å²) >= 11 is 8.31. The third-order valence-electron chi connectivity index (χ3n) is 4.00. The van der Waals surface area contributed by atoms with Gasteiger partial charge in [-0.2, -0.15) is 0 Å². The maximum atomic E-state index is 12.2. The van der Waals surface area contributed by atoms with Crippen LogP contribution in [0.1, 0.15) is 33.6 Å². The number of thiocarbonyl (C=S) groups is 1. The fourth-order valence-corrected chi connectivity index (χ4v) is 2.94. The third kappa shape index (κ3) is 5.37. The van der Waals surface area contributed by atoms with E-state index in [0.29, 0.717) is 21.3 Å². The van der Waals surface area contributed by atoms with E-state index in [9.17, 15) is 14.4 Å². The molecule has 2 aromatic carbocycles. The van der Waals surface area contributed by atoms with Crippen LogP contribution in [-0.2, 0) is 4.79 Å². The molecule has 7 nitrogen and oxygen atoms in total. The van der Waals surface area contributed by atoms with E-state index < -0.39 is 11.8 Å². The second-order valence-electron chi connectivity index (χ2n) is 6.18. The van der Waals surface area contributed by atoms with Crippen LogP contribution in [-0.4, -0.2) is 22.8 Å². The summed E-state index contributed by atoms with van der Waals surface area (Å²) in [6, 6.07) is 13.4. The molecule has 0 bridgehead atoms. The summed E-state index contributed by atoms with van der Waals surface area (Å²) in [4.78, 5) is 36.1.